The van der Waals surface area contributed by atoms with Crippen LogP contribution in [0.25, 0.3) is 0 Å². The van der Waals surface area contributed by atoms with E-state index in [1.54, 1.807) is 0 Å². The second-order valence-corrected chi connectivity index (χ2v) is 5.99. The molecule has 2 N–H and O–H groups in total. The van der Waals surface area contributed by atoms with Crippen LogP contribution in [0.2, 0.25) is 0 Å². The van der Waals surface area contributed by atoms with E-state index in [-0.39, 0.29) is 18.7 Å². The topological polar surface area (TPSA) is 92.2 Å². The first-order valence-corrected chi connectivity index (χ1v) is 7.74. The molecule has 1 amide bonds. The Bertz CT molecular complexity index is 652. The molecular formula is C15H17N3O3S. The third-order valence-electron chi connectivity index (χ3n) is 3.03. The molecule has 0 atom stereocenters. The highest BCUT2D eigenvalue weighted by atomic mass is 32.1. The van der Waals surface area contributed by atoms with E-state index < -0.39 is 5.97 Å². The maximum atomic E-state index is 11.5. The minimum atomic E-state index is -0.994. The van der Waals surface area contributed by atoms with Crippen LogP contribution in [0.1, 0.15) is 29.0 Å². The first-order chi connectivity index (χ1) is 10.5. The van der Waals surface area contributed by atoms with Crippen LogP contribution in [-0.4, -0.2) is 27.2 Å². The number of amides is 1. The SMILES string of the molecule is Cc1ccc(CCc2nnc(NC(=O)CCC(=O)O)s2)cc1. The van der Waals surface area contributed by atoms with E-state index in [1.165, 1.54) is 22.5 Å². The number of aryl methyl sites for hydroxylation is 3. The van der Waals surface area contributed by atoms with Gasteiger partial charge in [-0.25, -0.2) is 0 Å². The van der Waals surface area contributed by atoms with Crippen LogP contribution >= 0.6 is 11.3 Å². The van der Waals surface area contributed by atoms with Crippen LogP contribution in [0.4, 0.5) is 5.13 Å². The molecule has 0 aliphatic rings. The summed E-state index contributed by atoms with van der Waals surface area (Å²) >= 11 is 1.32. The summed E-state index contributed by atoms with van der Waals surface area (Å²) in [5.74, 6) is -1.35. The maximum absolute atomic E-state index is 11.5. The molecule has 0 saturated heterocycles. The highest BCUT2D eigenvalue weighted by molar-refractivity contribution is 7.15. The number of nitrogens with one attached hydrogen (secondary N) is 1. The number of aromatic nitrogens is 2. The van der Waals surface area contributed by atoms with Gasteiger partial charge in [0.2, 0.25) is 11.0 Å². The van der Waals surface area contributed by atoms with Crippen LogP contribution in [0.5, 0.6) is 0 Å². The standard InChI is InChI=1S/C15H17N3O3S/c1-10-2-4-11(5-3-10)6-8-13-17-18-15(22-13)16-12(19)7-9-14(20)21/h2-5H,6-9H2,1H3,(H,20,21)(H,16,18,19). The highest BCUT2D eigenvalue weighted by Crippen LogP contribution is 2.17. The molecule has 1 aromatic carbocycles. The summed E-state index contributed by atoms with van der Waals surface area (Å²) in [6.07, 6.45) is 1.37. The number of anilines is 1. The number of hydrogen-bond acceptors (Lipinski definition) is 5. The number of rotatable bonds is 7. The summed E-state index contributed by atoms with van der Waals surface area (Å²) in [4.78, 5) is 21.9. The van der Waals surface area contributed by atoms with E-state index in [1.807, 2.05) is 6.92 Å². The number of carboxylic acid groups (broad SMARTS) is 1. The van der Waals surface area contributed by atoms with Crippen LogP contribution in [0, 0.1) is 6.92 Å². The Labute approximate surface area is 132 Å². The molecule has 7 heteroatoms. The van der Waals surface area contributed by atoms with Crippen molar-refractivity contribution in [3.8, 4) is 0 Å². The van der Waals surface area contributed by atoms with Crippen molar-refractivity contribution < 1.29 is 14.7 Å². The van der Waals surface area contributed by atoms with Crippen molar-refractivity contribution in [2.45, 2.75) is 32.6 Å². The van der Waals surface area contributed by atoms with Crippen LogP contribution in [0.15, 0.2) is 24.3 Å². The lowest BCUT2D eigenvalue weighted by molar-refractivity contribution is -0.138. The molecule has 0 spiro atoms. The van der Waals surface area contributed by atoms with E-state index in [2.05, 4.69) is 39.8 Å². The molecule has 1 aromatic heterocycles. The largest absolute Gasteiger partial charge is 0.481 e. The molecular weight excluding hydrogens is 302 g/mol. The number of carbonyl (C=O) groups excluding carboxylic acids is 1. The molecule has 0 bridgehead atoms. The Kier molecular flexibility index (Phi) is 5.60. The molecule has 0 saturated carbocycles. The van der Waals surface area contributed by atoms with Gasteiger partial charge in [0.1, 0.15) is 5.01 Å². The zero-order chi connectivity index (χ0) is 15.9. The van der Waals surface area contributed by atoms with Crippen molar-refractivity contribution in [1.82, 2.24) is 10.2 Å². The normalized spacial score (nSPS) is 10.4. The van der Waals surface area contributed by atoms with Crippen molar-refractivity contribution in [3.63, 3.8) is 0 Å². The first-order valence-electron chi connectivity index (χ1n) is 6.92. The molecule has 116 valence electrons. The number of nitrogens with zero attached hydrogens (tertiary/aromatic N) is 2. The number of benzene rings is 1. The lowest BCUT2D eigenvalue weighted by Crippen LogP contribution is -2.12. The van der Waals surface area contributed by atoms with Crippen molar-refractivity contribution >= 4 is 28.3 Å². The Morgan fingerprint density at radius 1 is 1.14 bits per heavy atom. The predicted octanol–water partition coefficient (Wildman–Crippen LogP) is 2.44. The fraction of sp³-hybridized carbons (Fsp3) is 0.333. The van der Waals surface area contributed by atoms with Gasteiger partial charge in [0.15, 0.2) is 0 Å². The minimum Gasteiger partial charge on any atom is -0.481 e. The molecule has 2 aromatic rings. The second-order valence-electron chi connectivity index (χ2n) is 4.93. The maximum Gasteiger partial charge on any atom is 0.303 e. The quantitative estimate of drug-likeness (QED) is 0.817. The van der Waals surface area contributed by atoms with Crippen molar-refractivity contribution in [1.29, 1.82) is 0 Å². The summed E-state index contributed by atoms with van der Waals surface area (Å²) < 4.78 is 0. The van der Waals surface area contributed by atoms with Gasteiger partial charge < -0.3 is 10.4 Å². The van der Waals surface area contributed by atoms with E-state index in [0.29, 0.717) is 5.13 Å². The molecule has 22 heavy (non-hydrogen) atoms. The summed E-state index contributed by atoms with van der Waals surface area (Å²) in [5.41, 5.74) is 2.46. The van der Waals surface area contributed by atoms with Gasteiger partial charge in [0.05, 0.1) is 6.42 Å². The molecule has 0 aliphatic carbocycles. The van der Waals surface area contributed by atoms with Crippen LogP contribution in [0.3, 0.4) is 0 Å². The lowest BCUT2D eigenvalue weighted by Gasteiger charge is -1.99. The molecule has 6 nitrogen and oxygen atoms in total. The van der Waals surface area contributed by atoms with Gasteiger partial charge in [-0.05, 0) is 18.9 Å². The fourth-order valence-electron chi connectivity index (χ4n) is 1.81. The van der Waals surface area contributed by atoms with Gasteiger partial charge in [-0.3, -0.25) is 9.59 Å². The third kappa shape index (κ3) is 5.25. The lowest BCUT2D eigenvalue weighted by atomic mass is 10.1. The Balaban J connectivity index is 1.82. The fourth-order valence-corrected chi connectivity index (χ4v) is 2.57. The summed E-state index contributed by atoms with van der Waals surface area (Å²) in [6, 6.07) is 8.32. The molecule has 0 aliphatic heterocycles. The minimum absolute atomic E-state index is 0.0619. The van der Waals surface area contributed by atoms with E-state index in [4.69, 9.17) is 5.11 Å². The number of carboxylic acids is 1. The van der Waals surface area contributed by atoms with Gasteiger partial charge in [0.25, 0.3) is 0 Å². The second kappa shape index (κ2) is 7.65. The monoisotopic (exact) mass is 319 g/mol. The third-order valence-corrected chi connectivity index (χ3v) is 3.93. The summed E-state index contributed by atoms with van der Waals surface area (Å²) in [7, 11) is 0. The van der Waals surface area contributed by atoms with E-state index in [0.717, 1.165) is 17.8 Å². The van der Waals surface area contributed by atoms with Gasteiger partial charge >= 0.3 is 5.97 Å². The van der Waals surface area contributed by atoms with Crippen molar-refractivity contribution in [2.75, 3.05) is 5.32 Å². The van der Waals surface area contributed by atoms with Crippen molar-refractivity contribution in [2.24, 2.45) is 0 Å². The summed E-state index contributed by atoms with van der Waals surface area (Å²) in [6.45, 7) is 2.05. The zero-order valence-electron chi connectivity index (χ0n) is 12.2. The number of hydrogen-bond donors (Lipinski definition) is 2. The smallest absolute Gasteiger partial charge is 0.303 e. The first kappa shape index (κ1) is 16.1. The average Bonchev–Trinajstić information content (AvgIpc) is 2.92. The van der Waals surface area contributed by atoms with Crippen molar-refractivity contribution in [3.05, 3.63) is 40.4 Å². The van der Waals surface area contributed by atoms with Crippen LogP contribution < -0.4 is 5.32 Å². The molecule has 1 heterocycles. The summed E-state index contributed by atoms with van der Waals surface area (Å²) in [5, 5.41) is 20.3. The van der Waals surface area contributed by atoms with Gasteiger partial charge in [-0.1, -0.05) is 41.2 Å². The predicted molar refractivity (Wildman–Crippen MR) is 84.0 cm³/mol. The zero-order valence-corrected chi connectivity index (χ0v) is 13.0. The van der Waals surface area contributed by atoms with E-state index >= 15 is 0 Å². The molecule has 2 rings (SSSR count). The Hall–Kier alpha value is -2.28. The van der Waals surface area contributed by atoms with Gasteiger partial charge in [0, 0.05) is 12.8 Å². The van der Waals surface area contributed by atoms with Crippen LogP contribution in [-0.2, 0) is 22.4 Å². The Morgan fingerprint density at radius 3 is 2.55 bits per heavy atom. The molecule has 0 fully saturated rings. The molecule has 0 unspecified atom stereocenters. The number of aliphatic carboxylic acids is 1. The molecule has 0 radical (unpaired) electrons. The van der Waals surface area contributed by atoms with Gasteiger partial charge in [-0.2, -0.15) is 0 Å². The number of carbonyl (C=O) groups is 2. The Morgan fingerprint density at radius 2 is 1.86 bits per heavy atom. The van der Waals surface area contributed by atoms with Gasteiger partial charge in [-0.15, -0.1) is 10.2 Å². The van der Waals surface area contributed by atoms with E-state index in [9.17, 15) is 9.59 Å². The average molecular weight is 319 g/mol. The highest BCUT2D eigenvalue weighted by Gasteiger charge is 2.10.